The number of carboxylic acids is 1. The van der Waals surface area contributed by atoms with Gasteiger partial charge < -0.3 is 10.2 Å². The molecule has 0 amide bonds. The van der Waals surface area contributed by atoms with E-state index in [0.29, 0.717) is 29.7 Å². The Hall–Kier alpha value is -1.50. The van der Waals surface area contributed by atoms with Crippen LogP contribution in [0.5, 0.6) is 0 Å². The molecule has 7 heteroatoms. The third-order valence-electron chi connectivity index (χ3n) is 5.50. The van der Waals surface area contributed by atoms with Gasteiger partial charge in [0, 0.05) is 16.3 Å². The highest BCUT2D eigenvalue weighted by Gasteiger charge is 2.40. The van der Waals surface area contributed by atoms with E-state index in [2.05, 4.69) is 0 Å². The topological polar surface area (TPSA) is 57.5 Å². The Morgan fingerprint density at radius 2 is 1.82 bits per heavy atom. The standard InChI is InChI=1S/C21H23ClF2O3S/c22-18-11-19(25)17(6-4-12-8-13(23)10-14(24)9-12)16(18)3-1-2-15-5-7-20(28-15)21(26)27/h5,7-10,16-19,25H,1-4,6,11H2,(H,26,27). The second-order valence-electron chi connectivity index (χ2n) is 7.43. The van der Waals surface area contributed by atoms with Gasteiger partial charge in [0.15, 0.2) is 0 Å². The van der Waals surface area contributed by atoms with E-state index < -0.39 is 23.7 Å². The lowest BCUT2D eigenvalue weighted by molar-refractivity contribution is 0.0702. The number of hydrogen-bond acceptors (Lipinski definition) is 3. The Morgan fingerprint density at radius 1 is 1.11 bits per heavy atom. The highest BCUT2D eigenvalue weighted by atomic mass is 35.5. The van der Waals surface area contributed by atoms with Crippen LogP contribution in [0.4, 0.5) is 8.78 Å². The number of halogens is 3. The van der Waals surface area contributed by atoms with Gasteiger partial charge in [-0.15, -0.1) is 22.9 Å². The van der Waals surface area contributed by atoms with Crippen LogP contribution in [0.15, 0.2) is 30.3 Å². The third kappa shape index (κ3) is 5.31. The van der Waals surface area contributed by atoms with Crippen molar-refractivity contribution in [3.63, 3.8) is 0 Å². The number of rotatable bonds is 8. The van der Waals surface area contributed by atoms with Crippen LogP contribution in [0, 0.1) is 23.5 Å². The average Bonchev–Trinajstić information content (AvgIpc) is 3.18. The first-order valence-corrected chi connectivity index (χ1v) is 10.7. The maximum Gasteiger partial charge on any atom is 0.345 e. The van der Waals surface area contributed by atoms with Gasteiger partial charge >= 0.3 is 5.97 Å². The maximum atomic E-state index is 13.4. The molecule has 2 N–H and O–H groups in total. The van der Waals surface area contributed by atoms with E-state index in [9.17, 15) is 18.7 Å². The van der Waals surface area contributed by atoms with Crippen molar-refractivity contribution in [3.05, 3.63) is 57.3 Å². The van der Waals surface area contributed by atoms with E-state index >= 15 is 0 Å². The molecule has 4 unspecified atom stereocenters. The summed E-state index contributed by atoms with van der Waals surface area (Å²) in [7, 11) is 0. The van der Waals surface area contributed by atoms with Gasteiger partial charge in [-0.1, -0.05) is 0 Å². The van der Waals surface area contributed by atoms with E-state index in [1.54, 1.807) is 6.07 Å². The molecular formula is C21H23ClF2O3S. The van der Waals surface area contributed by atoms with Crippen LogP contribution in [0.2, 0.25) is 0 Å². The van der Waals surface area contributed by atoms with Crippen LogP contribution in [0.1, 0.15) is 45.8 Å². The number of benzene rings is 1. The van der Waals surface area contributed by atoms with Crippen molar-refractivity contribution in [1.29, 1.82) is 0 Å². The van der Waals surface area contributed by atoms with Gasteiger partial charge in [0.2, 0.25) is 0 Å². The van der Waals surface area contributed by atoms with Crippen LogP contribution < -0.4 is 0 Å². The highest BCUT2D eigenvalue weighted by Crippen LogP contribution is 2.41. The zero-order valence-electron chi connectivity index (χ0n) is 15.3. The number of aromatic carboxylic acids is 1. The quantitative estimate of drug-likeness (QED) is 0.562. The zero-order chi connectivity index (χ0) is 20.3. The van der Waals surface area contributed by atoms with Gasteiger partial charge in [0.1, 0.15) is 16.5 Å². The second kappa shape index (κ2) is 9.33. The molecule has 0 aliphatic heterocycles. The number of thiophene rings is 1. The average molecular weight is 429 g/mol. The molecule has 1 fully saturated rings. The van der Waals surface area contributed by atoms with E-state index in [4.69, 9.17) is 16.7 Å². The predicted octanol–water partition coefficient (Wildman–Crippen LogP) is 5.28. The summed E-state index contributed by atoms with van der Waals surface area (Å²) in [6, 6.07) is 6.97. The van der Waals surface area contributed by atoms with Crippen LogP contribution in [0.3, 0.4) is 0 Å². The molecular weight excluding hydrogens is 406 g/mol. The van der Waals surface area contributed by atoms with Crippen molar-refractivity contribution >= 4 is 28.9 Å². The minimum absolute atomic E-state index is 0.00764. The number of carboxylic acid groups (broad SMARTS) is 1. The molecule has 0 radical (unpaired) electrons. The molecule has 1 aromatic heterocycles. The van der Waals surface area contributed by atoms with Crippen molar-refractivity contribution in [2.24, 2.45) is 11.8 Å². The summed E-state index contributed by atoms with van der Waals surface area (Å²) in [6.07, 6.45) is 3.58. The van der Waals surface area contributed by atoms with Crippen LogP contribution >= 0.6 is 22.9 Å². The number of carbonyl (C=O) groups is 1. The molecule has 0 spiro atoms. The summed E-state index contributed by atoms with van der Waals surface area (Å²) in [6.45, 7) is 0. The van der Waals surface area contributed by atoms with Gasteiger partial charge in [-0.25, -0.2) is 13.6 Å². The Labute approximate surface area is 172 Å². The first-order chi connectivity index (χ1) is 13.3. The minimum atomic E-state index is -0.912. The van der Waals surface area contributed by atoms with Gasteiger partial charge in [0.25, 0.3) is 0 Å². The van der Waals surface area contributed by atoms with Gasteiger partial charge in [0.05, 0.1) is 6.10 Å². The molecule has 1 saturated carbocycles. The first-order valence-electron chi connectivity index (χ1n) is 9.42. The largest absolute Gasteiger partial charge is 0.477 e. The van der Waals surface area contributed by atoms with E-state index in [1.165, 1.54) is 23.5 Å². The lowest BCUT2D eigenvalue weighted by atomic mass is 9.85. The van der Waals surface area contributed by atoms with Crippen molar-refractivity contribution in [3.8, 4) is 0 Å². The number of aliphatic hydroxyl groups excluding tert-OH is 1. The van der Waals surface area contributed by atoms with E-state index in [0.717, 1.165) is 30.2 Å². The molecule has 3 nitrogen and oxygen atoms in total. The molecule has 3 rings (SSSR count). The van der Waals surface area contributed by atoms with Crippen molar-refractivity contribution in [1.82, 2.24) is 0 Å². The van der Waals surface area contributed by atoms with Crippen LogP contribution in [-0.2, 0) is 12.8 Å². The Balaban J connectivity index is 1.56. The predicted molar refractivity (Wildman–Crippen MR) is 106 cm³/mol. The fourth-order valence-electron chi connectivity index (χ4n) is 4.16. The molecule has 0 saturated heterocycles. The minimum Gasteiger partial charge on any atom is -0.477 e. The summed E-state index contributed by atoms with van der Waals surface area (Å²) in [5, 5.41) is 19.3. The Kier molecular flexibility index (Phi) is 7.07. The van der Waals surface area contributed by atoms with E-state index in [-0.39, 0.29) is 17.2 Å². The molecule has 152 valence electrons. The number of aryl methyl sites for hydroxylation is 2. The summed E-state index contributed by atoms with van der Waals surface area (Å²) in [5.41, 5.74) is 0.584. The molecule has 1 aliphatic carbocycles. The third-order valence-corrected chi connectivity index (χ3v) is 7.13. The number of alkyl halides is 1. The monoisotopic (exact) mass is 428 g/mol. The number of hydrogen-bond donors (Lipinski definition) is 2. The SMILES string of the molecule is O=C(O)c1ccc(CCCC2C(Cl)CC(O)C2CCc2cc(F)cc(F)c2)s1. The van der Waals surface area contributed by atoms with Gasteiger partial charge in [-0.3, -0.25) is 0 Å². The van der Waals surface area contributed by atoms with Crippen molar-refractivity contribution in [2.45, 2.75) is 50.0 Å². The van der Waals surface area contributed by atoms with Crippen LogP contribution in [0.25, 0.3) is 0 Å². The Morgan fingerprint density at radius 3 is 2.46 bits per heavy atom. The molecule has 2 aromatic rings. The molecule has 1 aromatic carbocycles. The lowest BCUT2D eigenvalue weighted by Gasteiger charge is -2.23. The fraction of sp³-hybridized carbons (Fsp3) is 0.476. The van der Waals surface area contributed by atoms with Gasteiger partial charge in [-0.2, -0.15) is 0 Å². The highest BCUT2D eigenvalue weighted by molar-refractivity contribution is 7.13. The molecule has 1 aliphatic rings. The Bertz CT molecular complexity index is 805. The second-order valence-corrected chi connectivity index (χ2v) is 9.16. The van der Waals surface area contributed by atoms with Crippen LogP contribution in [-0.4, -0.2) is 27.7 Å². The first kappa shape index (κ1) is 21.2. The molecule has 1 heterocycles. The van der Waals surface area contributed by atoms with E-state index in [1.807, 2.05) is 6.07 Å². The molecule has 28 heavy (non-hydrogen) atoms. The summed E-state index contributed by atoms with van der Waals surface area (Å²) >= 11 is 7.76. The number of aliphatic hydroxyl groups is 1. The summed E-state index contributed by atoms with van der Waals surface area (Å²) < 4.78 is 26.8. The summed E-state index contributed by atoms with van der Waals surface area (Å²) in [4.78, 5) is 12.3. The zero-order valence-corrected chi connectivity index (χ0v) is 16.9. The summed E-state index contributed by atoms with van der Waals surface area (Å²) in [5.74, 6) is -1.97. The fourth-order valence-corrected chi connectivity index (χ4v) is 5.55. The van der Waals surface area contributed by atoms with Crippen molar-refractivity contribution in [2.75, 3.05) is 0 Å². The van der Waals surface area contributed by atoms with Crippen molar-refractivity contribution < 1.29 is 23.8 Å². The van der Waals surface area contributed by atoms with Gasteiger partial charge in [-0.05, 0) is 80.2 Å². The molecule has 4 atom stereocenters. The lowest BCUT2D eigenvalue weighted by Crippen LogP contribution is -2.21. The normalized spacial score (nSPS) is 24.6. The maximum absolute atomic E-state index is 13.4. The molecule has 0 bridgehead atoms. The smallest absolute Gasteiger partial charge is 0.345 e.